The van der Waals surface area contributed by atoms with Gasteiger partial charge in [-0.1, -0.05) is 36.4 Å². The van der Waals surface area contributed by atoms with Gasteiger partial charge in [-0.25, -0.2) is 0 Å². The minimum absolute atomic E-state index is 0.0237. The molecule has 122 valence electrons. The van der Waals surface area contributed by atoms with Crippen LogP contribution >= 0.6 is 0 Å². The predicted molar refractivity (Wildman–Crippen MR) is 91.8 cm³/mol. The van der Waals surface area contributed by atoms with Crippen LogP contribution in [0.5, 0.6) is 11.5 Å². The second-order valence-electron chi connectivity index (χ2n) is 5.81. The minimum Gasteiger partial charge on any atom is -0.504 e. The van der Waals surface area contributed by atoms with Crippen molar-refractivity contribution in [2.24, 2.45) is 5.10 Å². The number of hydrogen-bond acceptors (Lipinski definition) is 5. The summed E-state index contributed by atoms with van der Waals surface area (Å²) in [6.07, 6.45) is 0.789. The Morgan fingerprint density at radius 1 is 1.29 bits per heavy atom. The van der Waals surface area contributed by atoms with Crippen molar-refractivity contribution in [2.75, 3.05) is 7.11 Å². The summed E-state index contributed by atoms with van der Waals surface area (Å²) in [5, 5.41) is 26.0. The lowest BCUT2D eigenvalue weighted by molar-refractivity contribution is 0.196. The summed E-state index contributed by atoms with van der Waals surface area (Å²) in [6, 6.07) is 16.8. The molecule has 5 nitrogen and oxygen atoms in total. The highest BCUT2D eigenvalue weighted by Crippen LogP contribution is 2.39. The molecule has 24 heavy (non-hydrogen) atoms. The smallest absolute Gasteiger partial charge is 0.160 e. The molecule has 0 spiro atoms. The molecule has 5 heteroatoms. The largest absolute Gasteiger partial charge is 0.504 e. The molecule has 0 amide bonds. The van der Waals surface area contributed by atoms with Crippen LogP contribution in [-0.4, -0.2) is 22.9 Å². The van der Waals surface area contributed by atoms with Gasteiger partial charge in [-0.3, -0.25) is 5.01 Å². The third-order valence-corrected chi connectivity index (χ3v) is 4.18. The van der Waals surface area contributed by atoms with Crippen molar-refractivity contribution in [2.45, 2.75) is 25.4 Å². The van der Waals surface area contributed by atoms with Crippen LogP contribution in [0.15, 0.2) is 53.6 Å². The molecule has 1 aliphatic heterocycles. The van der Waals surface area contributed by atoms with E-state index in [1.807, 2.05) is 30.1 Å². The summed E-state index contributed by atoms with van der Waals surface area (Å²) in [6.45, 7) is 1.97. The zero-order valence-electron chi connectivity index (χ0n) is 13.7. The number of phenolic OH excluding ortho intramolecular Hbond substituents is 1. The number of rotatable bonds is 4. The highest BCUT2D eigenvalue weighted by molar-refractivity contribution is 5.84. The molecule has 2 aromatic rings. The zero-order chi connectivity index (χ0) is 17.1. The number of phenols is 1. The molecule has 0 saturated carbocycles. The fraction of sp³-hybridized carbons (Fsp3) is 0.263. The standard InChI is InChI=1S/C19H19N3O2/c1-13-10-16(14-6-4-3-5-7-14)22(21-13)17(12-20)15-8-9-18(23)19(11-15)24-2/h3-9,11,16-17,23H,10H2,1-2H3. The molecule has 0 saturated heterocycles. The zero-order valence-corrected chi connectivity index (χ0v) is 13.7. The van der Waals surface area contributed by atoms with Gasteiger partial charge in [0, 0.05) is 12.1 Å². The van der Waals surface area contributed by atoms with E-state index in [4.69, 9.17) is 4.74 Å². The summed E-state index contributed by atoms with van der Waals surface area (Å²) >= 11 is 0. The van der Waals surface area contributed by atoms with Crippen LogP contribution in [0.2, 0.25) is 0 Å². The van der Waals surface area contributed by atoms with Crippen LogP contribution in [0, 0.1) is 11.3 Å². The summed E-state index contributed by atoms with van der Waals surface area (Å²) < 4.78 is 5.16. The average molecular weight is 321 g/mol. The second-order valence-corrected chi connectivity index (χ2v) is 5.81. The lowest BCUT2D eigenvalue weighted by atomic mass is 9.99. The van der Waals surface area contributed by atoms with Crippen LogP contribution in [0.3, 0.4) is 0 Å². The number of ether oxygens (including phenoxy) is 1. The van der Waals surface area contributed by atoms with Crippen molar-refractivity contribution < 1.29 is 9.84 Å². The van der Waals surface area contributed by atoms with Gasteiger partial charge in [0.2, 0.25) is 0 Å². The molecule has 2 atom stereocenters. The molecule has 1 heterocycles. The van der Waals surface area contributed by atoms with Gasteiger partial charge >= 0.3 is 0 Å². The summed E-state index contributed by atoms with van der Waals surface area (Å²) in [7, 11) is 1.49. The average Bonchev–Trinajstić information content (AvgIpc) is 2.99. The van der Waals surface area contributed by atoms with Crippen LogP contribution in [-0.2, 0) is 0 Å². The Kier molecular flexibility index (Phi) is 4.39. The topological polar surface area (TPSA) is 68.8 Å². The molecule has 0 bridgehead atoms. The number of aromatic hydroxyl groups is 1. The third kappa shape index (κ3) is 2.91. The van der Waals surface area contributed by atoms with Crippen molar-refractivity contribution >= 4 is 5.71 Å². The molecule has 1 aliphatic rings. The highest BCUT2D eigenvalue weighted by Gasteiger charge is 2.33. The maximum atomic E-state index is 9.78. The van der Waals surface area contributed by atoms with Gasteiger partial charge in [-0.2, -0.15) is 10.4 Å². The van der Waals surface area contributed by atoms with E-state index in [0.29, 0.717) is 5.75 Å². The predicted octanol–water partition coefficient (Wildman–Crippen LogP) is 3.79. The van der Waals surface area contributed by atoms with E-state index in [1.54, 1.807) is 18.2 Å². The van der Waals surface area contributed by atoms with Crippen LogP contribution in [0.1, 0.15) is 36.6 Å². The first-order valence-electron chi connectivity index (χ1n) is 7.78. The maximum Gasteiger partial charge on any atom is 0.160 e. The van der Waals surface area contributed by atoms with E-state index in [0.717, 1.165) is 23.3 Å². The SMILES string of the molecule is COc1cc(C(C#N)N2N=C(C)CC2c2ccccc2)ccc1O. The van der Waals surface area contributed by atoms with E-state index in [2.05, 4.69) is 23.3 Å². The normalized spacial score (nSPS) is 18.0. The Morgan fingerprint density at radius 3 is 2.71 bits per heavy atom. The lowest BCUT2D eigenvalue weighted by Gasteiger charge is -2.28. The molecule has 0 aromatic heterocycles. The molecule has 0 aliphatic carbocycles. The Labute approximate surface area is 141 Å². The van der Waals surface area contributed by atoms with Crippen LogP contribution < -0.4 is 4.74 Å². The Hall–Kier alpha value is -3.00. The van der Waals surface area contributed by atoms with Gasteiger partial charge in [0.1, 0.15) is 0 Å². The van der Waals surface area contributed by atoms with E-state index < -0.39 is 6.04 Å². The Bertz CT molecular complexity index is 796. The van der Waals surface area contributed by atoms with Crippen molar-refractivity contribution in [3.63, 3.8) is 0 Å². The van der Waals surface area contributed by atoms with Gasteiger partial charge in [0.05, 0.1) is 19.2 Å². The number of nitriles is 1. The first-order chi connectivity index (χ1) is 11.6. The van der Waals surface area contributed by atoms with Gasteiger partial charge in [-0.05, 0) is 30.2 Å². The monoisotopic (exact) mass is 321 g/mol. The second kappa shape index (κ2) is 6.63. The highest BCUT2D eigenvalue weighted by atomic mass is 16.5. The van der Waals surface area contributed by atoms with Gasteiger partial charge in [0.25, 0.3) is 0 Å². The molecule has 0 fully saturated rings. The summed E-state index contributed by atoms with van der Waals surface area (Å²) in [5.41, 5.74) is 2.87. The van der Waals surface area contributed by atoms with Gasteiger partial charge in [0.15, 0.2) is 17.5 Å². The summed E-state index contributed by atoms with van der Waals surface area (Å²) in [5.74, 6) is 0.405. The number of hydrazone groups is 1. The number of benzene rings is 2. The number of nitrogens with zero attached hydrogens (tertiary/aromatic N) is 3. The molecular weight excluding hydrogens is 302 g/mol. The minimum atomic E-state index is -0.554. The molecule has 3 rings (SSSR count). The third-order valence-electron chi connectivity index (χ3n) is 4.18. The molecular formula is C19H19N3O2. The van der Waals surface area contributed by atoms with E-state index in [9.17, 15) is 10.4 Å². The molecule has 0 radical (unpaired) electrons. The Morgan fingerprint density at radius 2 is 2.04 bits per heavy atom. The Balaban J connectivity index is 1.98. The lowest BCUT2D eigenvalue weighted by Crippen LogP contribution is -2.24. The van der Waals surface area contributed by atoms with E-state index in [1.165, 1.54) is 7.11 Å². The van der Waals surface area contributed by atoms with Crippen molar-refractivity contribution in [3.05, 3.63) is 59.7 Å². The molecule has 1 N–H and O–H groups in total. The number of hydrogen-bond donors (Lipinski definition) is 1. The molecule has 2 unspecified atom stereocenters. The number of methoxy groups -OCH3 is 1. The fourth-order valence-electron chi connectivity index (χ4n) is 3.02. The molecule has 2 aromatic carbocycles. The van der Waals surface area contributed by atoms with Gasteiger partial charge < -0.3 is 9.84 Å². The maximum absolute atomic E-state index is 9.78. The van der Waals surface area contributed by atoms with Crippen molar-refractivity contribution in [1.82, 2.24) is 5.01 Å². The fourth-order valence-corrected chi connectivity index (χ4v) is 3.02. The van der Waals surface area contributed by atoms with E-state index in [-0.39, 0.29) is 11.8 Å². The first kappa shape index (κ1) is 15.9. The quantitative estimate of drug-likeness (QED) is 0.930. The van der Waals surface area contributed by atoms with Crippen LogP contribution in [0.4, 0.5) is 0 Å². The van der Waals surface area contributed by atoms with E-state index >= 15 is 0 Å². The first-order valence-corrected chi connectivity index (χ1v) is 7.78. The van der Waals surface area contributed by atoms with Crippen molar-refractivity contribution in [1.29, 1.82) is 5.26 Å². The summed E-state index contributed by atoms with van der Waals surface area (Å²) in [4.78, 5) is 0. The van der Waals surface area contributed by atoms with Crippen LogP contribution in [0.25, 0.3) is 0 Å². The van der Waals surface area contributed by atoms with Gasteiger partial charge in [-0.15, -0.1) is 0 Å². The van der Waals surface area contributed by atoms with Crippen molar-refractivity contribution in [3.8, 4) is 17.6 Å².